The molecule has 3 aromatic carbocycles. The number of hydrogen-bond donors (Lipinski definition) is 1. The molecule has 1 N–H and O–H groups in total. The summed E-state index contributed by atoms with van der Waals surface area (Å²) < 4.78 is 17.3. The first kappa shape index (κ1) is 25.6. The molecule has 1 aliphatic carbocycles. The van der Waals surface area contributed by atoms with Crippen LogP contribution in [-0.4, -0.2) is 50.6 Å². The second-order valence-electron chi connectivity index (χ2n) is 10.8. The lowest BCUT2D eigenvalue weighted by atomic mass is 10.0. The van der Waals surface area contributed by atoms with Crippen molar-refractivity contribution in [2.75, 3.05) is 5.32 Å². The summed E-state index contributed by atoms with van der Waals surface area (Å²) in [6.07, 6.45) is 3.79. The minimum Gasteiger partial charge on any atom is -0.326 e. The third-order valence-corrected chi connectivity index (χ3v) is 8.63. The van der Waals surface area contributed by atoms with Crippen LogP contribution in [0.1, 0.15) is 35.8 Å². The van der Waals surface area contributed by atoms with Crippen molar-refractivity contribution in [2.24, 2.45) is 10.9 Å². The third kappa shape index (κ3) is 4.23. The molecule has 0 unspecified atom stereocenters. The van der Waals surface area contributed by atoms with Gasteiger partial charge in [0, 0.05) is 42.1 Å². The zero-order valence-corrected chi connectivity index (χ0v) is 22.9. The Bertz CT molecular complexity index is 1820. The van der Waals surface area contributed by atoms with Crippen molar-refractivity contribution in [3.8, 4) is 11.1 Å². The Morgan fingerprint density at radius 2 is 1.88 bits per heavy atom. The highest BCUT2D eigenvalue weighted by atomic mass is 35.5. The number of nitrogens with one attached hydrogen (secondary N) is 1. The van der Waals surface area contributed by atoms with Crippen molar-refractivity contribution in [3.05, 3.63) is 76.7 Å². The van der Waals surface area contributed by atoms with E-state index in [0.717, 1.165) is 12.0 Å². The molecule has 2 amide bonds. The number of rotatable bonds is 6. The molecule has 206 valence electrons. The summed E-state index contributed by atoms with van der Waals surface area (Å²) in [5.74, 6) is -1.27. The van der Waals surface area contributed by atoms with Crippen LogP contribution < -0.4 is 5.32 Å². The maximum atomic E-state index is 15.8. The number of aliphatic imine (C=N–C) groups is 1. The Kier molecular flexibility index (Phi) is 6.01. The number of hydrogen-bond acceptors (Lipinski definition) is 5. The number of fused-ring (bicyclic) bond motifs is 3. The van der Waals surface area contributed by atoms with E-state index in [-0.39, 0.29) is 41.4 Å². The van der Waals surface area contributed by atoms with Crippen molar-refractivity contribution in [2.45, 2.75) is 44.8 Å². The molecule has 10 heteroatoms. The number of carbonyl (C=O) groups excluding carboxylic acids is 3. The van der Waals surface area contributed by atoms with E-state index in [4.69, 9.17) is 11.6 Å². The van der Waals surface area contributed by atoms with Gasteiger partial charge in [-0.1, -0.05) is 54.1 Å². The van der Waals surface area contributed by atoms with Crippen LogP contribution in [0.25, 0.3) is 22.0 Å². The van der Waals surface area contributed by atoms with Crippen LogP contribution in [0.2, 0.25) is 5.02 Å². The molecule has 0 bridgehead atoms. The molecule has 8 nitrogen and oxygen atoms in total. The number of nitrogens with zero attached hydrogens (tertiary/aromatic N) is 4. The van der Waals surface area contributed by atoms with Crippen molar-refractivity contribution in [1.82, 2.24) is 14.7 Å². The number of aromatic nitrogens is 2. The predicted molar refractivity (Wildman–Crippen MR) is 154 cm³/mol. The van der Waals surface area contributed by atoms with Gasteiger partial charge in [0.25, 0.3) is 0 Å². The van der Waals surface area contributed by atoms with Crippen LogP contribution in [0.3, 0.4) is 0 Å². The number of benzene rings is 3. The molecule has 3 atom stereocenters. The molecule has 2 fully saturated rings. The monoisotopic (exact) mass is 569 g/mol. The largest absolute Gasteiger partial charge is 0.326 e. The summed E-state index contributed by atoms with van der Waals surface area (Å²) >= 11 is 6.58. The highest BCUT2D eigenvalue weighted by molar-refractivity contribution is 6.36. The van der Waals surface area contributed by atoms with Gasteiger partial charge >= 0.3 is 0 Å². The van der Waals surface area contributed by atoms with Gasteiger partial charge in [-0.3, -0.25) is 24.1 Å². The lowest BCUT2D eigenvalue weighted by Crippen LogP contribution is -2.46. The third-order valence-electron chi connectivity index (χ3n) is 8.25. The molecule has 0 spiro atoms. The van der Waals surface area contributed by atoms with Gasteiger partial charge < -0.3 is 10.2 Å². The summed E-state index contributed by atoms with van der Waals surface area (Å²) in [7, 11) is 0. The normalized spacial score (nSPS) is 20.3. The Hall–Kier alpha value is -4.37. The number of ketones is 1. The van der Waals surface area contributed by atoms with Gasteiger partial charge in [-0.2, -0.15) is 5.10 Å². The fraction of sp³-hybridized carbons (Fsp3) is 0.258. The Morgan fingerprint density at radius 3 is 2.71 bits per heavy atom. The summed E-state index contributed by atoms with van der Waals surface area (Å²) in [4.78, 5) is 45.1. The minimum absolute atomic E-state index is 0.0182. The average molecular weight is 570 g/mol. The number of anilines is 1. The Labute approximate surface area is 239 Å². The zero-order valence-electron chi connectivity index (χ0n) is 22.1. The van der Waals surface area contributed by atoms with Gasteiger partial charge in [0.15, 0.2) is 11.6 Å². The number of Topliss-reactive ketones (excluding diaryl/α,β-unsaturated/α-hetero) is 1. The summed E-state index contributed by atoms with van der Waals surface area (Å²) in [5, 5.41) is 8.18. The standard InChI is InChI=1S/C31H25ClFN5O3/c1-16(39)29-21-5-2-3-8-23(21)37(36-29)15-26(40)38-24-13-18(24)14-25(38)31(41)35-22-7-4-6-20(28(22)33)19-10-9-17-11-12-34-30(17)27(19)32/h2-10,12,18,24-25H,11,13-15H2,1H3,(H,35,41)/t18-,24-,25+/m1/s1. The number of amides is 2. The van der Waals surface area contributed by atoms with Gasteiger partial charge in [0.1, 0.15) is 18.3 Å². The fourth-order valence-electron chi connectivity index (χ4n) is 6.17. The van der Waals surface area contributed by atoms with Crippen LogP contribution in [0, 0.1) is 11.7 Å². The maximum Gasteiger partial charge on any atom is 0.247 e. The highest BCUT2D eigenvalue weighted by Gasteiger charge is 2.56. The molecule has 41 heavy (non-hydrogen) atoms. The molecule has 1 saturated carbocycles. The van der Waals surface area contributed by atoms with Gasteiger partial charge in [0.05, 0.1) is 21.9 Å². The highest BCUT2D eigenvalue weighted by Crippen LogP contribution is 2.48. The smallest absolute Gasteiger partial charge is 0.247 e. The van der Waals surface area contributed by atoms with Gasteiger partial charge in [0.2, 0.25) is 11.8 Å². The van der Waals surface area contributed by atoms with Crippen molar-refractivity contribution in [1.29, 1.82) is 0 Å². The van der Waals surface area contributed by atoms with Crippen LogP contribution in [0.4, 0.5) is 15.8 Å². The molecular formula is C31H25ClFN5O3. The van der Waals surface area contributed by atoms with E-state index in [1.807, 2.05) is 24.3 Å². The average Bonchev–Trinajstić information content (AvgIpc) is 3.29. The first-order chi connectivity index (χ1) is 19.8. The van der Waals surface area contributed by atoms with E-state index in [2.05, 4.69) is 15.4 Å². The number of piperidine rings is 1. The minimum atomic E-state index is -0.735. The van der Waals surface area contributed by atoms with E-state index in [9.17, 15) is 14.4 Å². The first-order valence-electron chi connectivity index (χ1n) is 13.5. The molecule has 1 aromatic heterocycles. The zero-order chi connectivity index (χ0) is 28.4. The maximum absolute atomic E-state index is 15.8. The van der Waals surface area contributed by atoms with E-state index in [1.165, 1.54) is 17.7 Å². The van der Waals surface area contributed by atoms with Crippen molar-refractivity contribution < 1.29 is 18.8 Å². The molecule has 3 aliphatic rings. The second-order valence-corrected chi connectivity index (χ2v) is 11.2. The van der Waals surface area contributed by atoms with Crippen LogP contribution >= 0.6 is 11.6 Å². The van der Waals surface area contributed by atoms with Gasteiger partial charge in [-0.15, -0.1) is 0 Å². The van der Waals surface area contributed by atoms with E-state index in [1.54, 1.807) is 35.4 Å². The lowest BCUT2D eigenvalue weighted by molar-refractivity contribution is -0.138. The molecule has 0 radical (unpaired) electrons. The van der Waals surface area contributed by atoms with Crippen LogP contribution in [-0.2, 0) is 22.6 Å². The molecule has 7 rings (SSSR count). The topological polar surface area (TPSA) is 96.7 Å². The fourth-order valence-corrected chi connectivity index (χ4v) is 6.51. The van der Waals surface area contributed by atoms with Crippen LogP contribution in [0.15, 0.2) is 59.6 Å². The first-order valence-corrected chi connectivity index (χ1v) is 13.9. The SMILES string of the molecule is CC(=O)c1nn(CC(=O)N2[C@@H]3C[C@@H]3C[C@H]2C(=O)Nc2cccc(-c3ccc4c(c3Cl)N=CC4)c2F)c2ccccc12. The number of para-hydroxylation sites is 1. The molecule has 4 aromatic rings. The summed E-state index contributed by atoms with van der Waals surface area (Å²) in [6.45, 7) is 1.33. The van der Waals surface area contributed by atoms with Gasteiger partial charge in [-0.25, -0.2) is 4.39 Å². The van der Waals surface area contributed by atoms with E-state index >= 15 is 4.39 Å². The lowest BCUT2D eigenvalue weighted by Gasteiger charge is -2.27. The Morgan fingerprint density at radius 1 is 1.05 bits per heavy atom. The Balaban J connectivity index is 1.13. The van der Waals surface area contributed by atoms with Gasteiger partial charge in [-0.05, 0) is 36.5 Å². The summed E-state index contributed by atoms with van der Waals surface area (Å²) in [5.41, 5.74) is 3.36. The molecule has 1 saturated heterocycles. The molecular weight excluding hydrogens is 545 g/mol. The predicted octanol–water partition coefficient (Wildman–Crippen LogP) is 5.58. The molecule has 2 aliphatic heterocycles. The number of likely N-dealkylation sites (tertiary alicyclic amines) is 1. The second kappa shape index (κ2) is 9.62. The quantitative estimate of drug-likeness (QED) is 0.306. The number of halogens is 2. The van der Waals surface area contributed by atoms with Crippen molar-refractivity contribution in [3.63, 3.8) is 0 Å². The van der Waals surface area contributed by atoms with Crippen molar-refractivity contribution >= 4 is 57.7 Å². The molecule has 3 heterocycles. The van der Waals surface area contributed by atoms with E-state index in [0.29, 0.717) is 45.7 Å². The van der Waals surface area contributed by atoms with E-state index < -0.39 is 17.8 Å². The number of carbonyl (C=O) groups is 3. The van der Waals surface area contributed by atoms with Crippen LogP contribution in [0.5, 0.6) is 0 Å². The summed E-state index contributed by atoms with van der Waals surface area (Å²) in [6, 6.07) is 14.9.